The molecule has 142 valence electrons. The fraction of sp³-hybridized carbons (Fsp3) is 0.364. The number of rotatable bonds is 4. The predicted molar refractivity (Wildman–Crippen MR) is 110 cm³/mol. The molecule has 2 aromatic carbocycles. The first-order valence-electron chi connectivity index (χ1n) is 9.27. The predicted octanol–water partition coefficient (Wildman–Crippen LogP) is 4.41. The van der Waals surface area contributed by atoms with Crippen molar-refractivity contribution in [2.75, 3.05) is 19.7 Å². The molecule has 0 aromatic heterocycles. The van der Waals surface area contributed by atoms with Gasteiger partial charge < -0.3 is 10.2 Å². The molecule has 3 nitrogen and oxygen atoms in total. The standard InChI is InChI=1S/C22H23Cl2NO2/c1-13-2-3-15(9-20(13)24)22(27)11-25-7-6-17-18-10-16(23)5-4-14(18)8-19(17)21(25)12-26/h2-5,9-10,21-22,26-27H,6-8,11-12H2,1H3. The molecule has 0 saturated heterocycles. The summed E-state index contributed by atoms with van der Waals surface area (Å²) < 4.78 is 0. The summed E-state index contributed by atoms with van der Waals surface area (Å²) in [5, 5.41) is 22.2. The van der Waals surface area contributed by atoms with Crippen LogP contribution < -0.4 is 0 Å². The molecule has 1 aliphatic carbocycles. The van der Waals surface area contributed by atoms with Gasteiger partial charge in [-0.2, -0.15) is 0 Å². The van der Waals surface area contributed by atoms with Gasteiger partial charge in [0.15, 0.2) is 0 Å². The van der Waals surface area contributed by atoms with Crippen molar-refractivity contribution in [2.45, 2.75) is 31.9 Å². The smallest absolute Gasteiger partial charge is 0.0917 e. The van der Waals surface area contributed by atoms with Crippen molar-refractivity contribution < 1.29 is 10.2 Å². The Balaban J connectivity index is 1.56. The minimum Gasteiger partial charge on any atom is -0.394 e. The molecule has 0 spiro atoms. The molecule has 0 bridgehead atoms. The van der Waals surface area contributed by atoms with Gasteiger partial charge in [-0.15, -0.1) is 0 Å². The van der Waals surface area contributed by atoms with Crippen LogP contribution in [0.1, 0.15) is 34.8 Å². The number of aliphatic hydroxyl groups excluding tert-OH is 2. The second-order valence-corrected chi connectivity index (χ2v) is 8.29. The van der Waals surface area contributed by atoms with Crippen LogP contribution >= 0.6 is 23.2 Å². The van der Waals surface area contributed by atoms with E-state index in [1.807, 2.05) is 37.3 Å². The molecule has 2 N–H and O–H groups in total. The summed E-state index contributed by atoms with van der Waals surface area (Å²) in [5.74, 6) is 0. The minimum atomic E-state index is -0.641. The molecule has 5 heteroatoms. The summed E-state index contributed by atoms with van der Waals surface area (Å²) in [6.45, 7) is 3.26. The van der Waals surface area contributed by atoms with E-state index in [0.717, 1.165) is 35.5 Å². The number of halogens is 2. The van der Waals surface area contributed by atoms with E-state index in [1.54, 1.807) is 0 Å². The fourth-order valence-corrected chi connectivity index (χ4v) is 4.66. The molecular weight excluding hydrogens is 381 g/mol. The van der Waals surface area contributed by atoms with Gasteiger partial charge in [0.05, 0.1) is 18.8 Å². The lowest BCUT2D eigenvalue weighted by Gasteiger charge is -2.37. The SMILES string of the molecule is Cc1ccc(C(O)CN2CCC3=C(Cc4ccc(Cl)cc43)C2CO)cc1Cl. The Hall–Kier alpha value is -1.36. The first kappa shape index (κ1) is 19.0. The van der Waals surface area contributed by atoms with Crippen molar-refractivity contribution >= 4 is 28.8 Å². The topological polar surface area (TPSA) is 43.7 Å². The molecule has 2 aromatic rings. The van der Waals surface area contributed by atoms with E-state index in [1.165, 1.54) is 22.3 Å². The second kappa shape index (κ2) is 7.57. The van der Waals surface area contributed by atoms with Gasteiger partial charge in [0.2, 0.25) is 0 Å². The molecule has 27 heavy (non-hydrogen) atoms. The molecule has 1 aliphatic heterocycles. The number of β-amino-alcohol motifs (C(OH)–C–C–N with tert-alkyl or cyclic N) is 1. The van der Waals surface area contributed by atoms with E-state index in [0.29, 0.717) is 11.6 Å². The van der Waals surface area contributed by atoms with Crippen LogP contribution in [0.4, 0.5) is 0 Å². The molecule has 2 unspecified atom stereocenters. The highest BCUT2D eigenvalue weighted by Crippen LogP contribution is 2.42. The summed E-state index contributed by atoms with van der Waals surface area (Å²) in [7, 11) is 0. The molecule has 0 fully saturated rings. The van der Waals surface area contributed by atoms with E-state index in [-0.39, 0.29) is 12.6 Å². The van der Waals surface area contributed by atoms with E-state index in [2.05, 4.69) is 11.0 Å². The zero-order valence-corrected chi connectivity index (χ0v) is 16.8. The highest BCUT2D eigenvalue weighted by atomic mass is 35.5. The van der Waals surface area contributed by atoms with Gasteiger partial charge in [0.25, 0.3) is 0 Å². The fourth-order valence-electron chi connectivity index (χ4n) is 4.30. The van der Waals surface area contributed by atoms with Crippen molar-refractivity contribution in [3.8, 4) is 0 Å². The maximum Gasteiger partial charge on any atom is 0.0917 e. The third kappa shape index (κ3) is 3.55. The van der Waals surface area contributed by atoms with Crippen molar-refractivity contribution in [3.63, 3.8) is 0 Å². The maximum atomic E-state index is 10.7. The van der Waals surface area contributed by atoms with E-state index >= 15 is 0 Å². The molecule has 2 atom stereocenters. The van der Waals surface area contributed by atoms with Crippen LogP contribution in [0.5, 0.6) is 0 Å². The van der Waals surface area contributed by atoms with Gasteiger partial charge in [0.1, 0.15) is 0 Å². The van der Waals surface area contributed by atoms with Crippen LogP contribution in [0, 0.1) is 6.92 Å². The monoisotopic (exact) mass is 403 g/mol. The van der Waals surface area contributed by atoms with E-state index in [9.17, 15) is 10.2 Å². The number of hydrogen-bond acceptors (Lipinski definition) is 3. The highest BCUT2D eigenvalue weighted by molar-refractivity contribution is 6.31. The Labute approximate surface area is 169 Å². The number of benzene rings is 2. The first-order chi connectivity index (χ1) is 13.0. The molecule has 0 amide bonds. The lowest BCUT2D eigenvalue weighted by Crippen LogP contribution is -2.45. The lowest BCUT2D eigenvalue weighted by molar-refractivity contribution is 0.0719. The molecule has 4 rings (SSSR count). The Kier molecular flexibility index (Phi) is 5.32. The molecule has 0 saturated carbocycles. The number of fused-ring (bicyclic) bond motifs is 2. The van der Waals surface area contributed by atoms with Gasteiger partial charge >= 0.3 is 0 Å². The third-order valence-electron chi connectivity index (χ3n) is 5.82. The Bertz CT molecular complexity index is 909. The van der Waals surface area contributed by atoms with Gasteiger partial charge in [-0.25, -0.2) is 0 Å². The Morgan fingerprint density at radius 1 is 1.19 bits per heavy atom. The average Bonchev–Trinajstić information content (AvgIpc) is 3.01. The Morgan fingerprint density at radius 2 is 2.00 bits per heavy atom. The zero-order valence-electron chi connectivity index (χ0n) is 15.3. The van der Waals surface area contributed by atoms with Crippen LogP contribution in [0.15, 0.2) is 42.0 Å². The van der Waals surface area contributed by atoms with Gasteiger partial charge in [-0.1, -0.05) is 41.4 Å². The second-order valence-electron chi connectivity index (χ2n) is 7.45. The summed E-state index contributed by atoms with van der Waals surface area (Å²) in [6.07, 6.45) is 1.11. The quantitative estimate of drug-likeness (QED) is 0.794. The highest BCUT2D eigenvalue weighted by Gasteiger charge is 2.35. The van der Waals surface area contributed by atoms with E-state index < -0.39 is 6.10 Å². The van der Waals surface area contributed by atoms with Crippen LogP contribution in [0.2, 0.25) is 10.0 Å². The Morgan fingerprint density at radius 3 is 2.74 bits per heavy atom. The average molecular weight is 404 g/mol. The molecule has 2 aliphatic rings. The van der Waals surface area contributed by atoms with Gasteiger partial charge in [0, 0.05) is 23.1 Å². The minimum absolute atomic E-state index is 0.0436. The molecular formula is C22H23Cl2NO2. The largest absolute Gasteiger partial charge is 0.394 e. The normalized spacial score (nSPS) is 20.6. The number of aliphatic hydroxyl groups is 2. The zero-order chi connectivity index (χ0) is 19.1. The van der Waals surface area contributed by atoms with Crippen LogP contribution in [-0.2, 0) is 6.42 Å². The number of aryl methyl sites for hydroxylation is 1. The van der Waals surface area contributed by atoms with E-state index in [4.69, 9.17) is 23.2 Å². The van der Waals surface area contributed by atoms with Crippen LogP contribution in [0.3, 0.4) is 0 Å². The lowest BCUT2D eigenvalue weighted by atomic mass is 9.92. The summed E-state index contributed by atoms with van der Waals surface area (Å²) in [4.78, 5) is 2.19. The maximum absolute atomic E-state index is 10.7. The number of nitrogens with zero attached hydrogens (tertiary/aromatic N) is 1. The molecule has 0 radical (unpaired) electrons. The van der Waals surface area contributed by atoms with Gasteiger partial charge in [-0.05, 0) is 71.4 Å². The van der Waals surface area contributed by atoms with Crippen molar-refractivity contribution in [3.05, 3.63) is 74.3 Å². The number of hydrogen-bond donors (Lipinski definition) is 2. The summed E-state index contributed by atoms with van der Waals surface area (Å²) in [5.41, 5.74) is 6.88. The van der Waals surface area contributed by atoms with Gasteiger partial charge in [-0.3, -0.25) is 4.90 Å². The van der Waals surface area contributed by atoms with Crippen molar-refractivity contribution in [2.24, 2.45) is 0 Å². The summed E-state index contributed by atoms with van der Waals surface area (Å²) in [6, 6.07) is 11.6. The van der Waals surface area contributed by atoms with Crippen LogP contribution in [0.25, 0.3) is 5.57 Å². The van der Waals surface area contributed by atoms with Crippen molar-refractivity contribution in [1.29, 1.82) is 0 Å². The van der Waals surface area contributed by atoms with Crippen LogP contribution in [-0.4, -0.2) is 40.9 Å². The van der Waals surface area contributed by atoms with Crippen molar-refractivity contribution in [1.82, 2.24) is 4.90 Å². The first-order valence-corrected chi connectivity index (χ1v) is 10.0. The third-order valence-corrected chi connectivity index (χ3v) is 6.46. The molecule has 1 heterocycles. The summed E-state index contributed by atoms with van der Waals surface area (Å²) >= 11 is 12.4.